The maximum absolute atomic E-state index is 6.69. The van der Waals surface area contributed by atoms with E-state index in [0.717, 1.165) is 23.7 Å². The maximum atomic E-state index is 6.69. The van der Waals surface area contributed by atoms with Crippen molar-refractivity contribution in [2.75, 3.05) is 0 Å². The van der Waals surface area contributed by atoms with Gasteiger partial charge in [0.2, 0.25) is 0 Å². The Balaban J connectivity index is 2.01. The second-order valence-corrected chi connectivity index (χ2v) is 9.44. The van der Waals surface area contributed by atoms with Crippen molar-refractivity contribution < 1.29 is 4.74 Å². The van der Waals surface area contributed by atoms with E-state index in [1.54, 1.807) is 5.57 Å². The van der Waals surface area contributed by atoms with E-state index in [1.165, 1.54) is 19.3 Å². The van der Waals surface area contributed by atoms with Crippen molar-refractivity contribution in [2.24, 2.45) is 35.5 Å². The highest BCUT2D eigenvalue weighted by atomic mass is 16.5. The second-order valence-electron chi connectivity index (χ2n) is 9.44. The van der Waals surface area contributed by atoms with Crippen LogP contribution in [-0.2, 0) is 4.74 Å². The summed E-state index contributed by atoms with van der Waals surface area (Å²) in [5, 5.41) is 0. The molecule has 2 aliphatic heterocycles. The van der Waals surface area contributed by atoms with Crippen molar-refractivity contribution in [3.05, 3.63) is 23.8 Å². The summed E-state index contributed by atoms with van der Waals surface area (Å²) in [5.74, 6) is 4.29. The van der Waals surface area contributed by atoms with Crippen molar-refractivity contribution in [3.63, 3.8) is 0 Å². The van der Waals surface area contributed by atoms with Crippen molar-refractivity contribution in [2.45, 2.75) is 78.9 Å². The molecule has 2 bridgehead atoms. The smallest absolute Gasteiger partial charge is 0.0872 e. The zero-order valence-electron chi connectivity index (χ0n) is 16.2. The SMILES string of the molecule is CC1=CC[C@H](C(C)C)[C@H]2CC(C)[C@@]3(C)C=C[C@](C)(O3)C(C)C[C@@H]12. The minimum absolute atomic E-state index is 0.0888. The molecule has 0 radical (unpaired) electrons. The van der Waals surface area contributed by atoms with Gasteiger partial charge in [0.1, 0.15) is 0 Å². The van der Waals surface area contributed by atoms with E-state index < -0.39 is 0 Å². The first kappa shape index (κ1) is 17.3. The van der Waals surface area contributed by atoms with E-state index in [4.69, 9.17) is 4.74 Å². The Morgan fingerprint density at radius 2 is 1.61 bits per heavy atom. The Labute approximate surface area is 143 Å². The summed E-state index contributed by atoms with van der Waals surface area (Å²) in [6, 6.07) is 0. The van der Waals surface area contributed by atoms with E-state index in [-0.39, 0.29) is 11.2 Å². The molecular weight excluding hydrogens is 280 g/mol. The van der Waals surface area contributed by atoms with Crippen LogP contribution in [0.2, 0.25) is 0 Å². The fraction of sp³-hybridized carbons (Fsp3) is 0.818. The first-order chi connectivity index (χ1) is 10.7. The lowest BCUT2D eigenvalue weighted by atomic mass is 9.62. The largest absolute Gasteiger partial charge is 0.360 e. The Kier molecular flexibility index (Phi) is 4.32. The highest BCUT2D eigenvalue weighted by Gasteiger charge is 2.49. The average Bonchev–Trinajstić information content (AvgIpc) is 2.80. The van der Waals surface area contributed by atoms with Crippen LogP contribution in [0.25, 0.3) is 0 Å². The van der Waals surface area contributed by atoms with Gasteiger partial charge in [0.05, 0.1) is 11.2 Å². The summed E-state index contributed by atoms with van der Waals surface area (Å²) in [6.07, 6.45) is 11.1. The van der Waals surface area contributed by atoms with E-state index in [2.05, 4.69) is 66.7 Å². The van der Waals surface area contributed by atoms with Crippen LogP contribution in [0.4, 0.5) is 0 Å². The molecule has 0 aromatic carbocycles. The van der Waals surface area contributed by atoms with Crippen LogP contribution < -0.4 is 0 Å². The van der Waals surface area contributed by atoms with Crippen LogP contribution >= 0.6 is 0 Å². The van der Waals surface area contributed by atoms with Crippen molar-refractivity contribution in [1.82, 2.24) is 0 Å². The van der Waals surface area contributed by atoms with Gasteiger partial charge in [-0.05, 0) is 75.5 Å². The standard InChI is InChI=1S/C22H36O/c1-14(2)18-9-8-15(3)19-12-16(4)21(6)10-11-22(7,23-21)17(5)13-20(18)19/h8,10-11,14,16-20H,9,12-13H2,1-7H3/t16?,17?,18-,19+,20-,21+,22-/m1/s1. The van der Waals surface area contributed by atoms with Gasteiger partial charge in [-0.3, -0.25) is 0 Å². The van der Waals surface area contributed by atoms with Gasteiger partial charge in [-0.1, -0.05) is 51.5 Å². The molecule has 23 heavy (non-hydrogen) atoms. The lowest BCUT2D eigenvalue weighted by Crippen LogP contribution is -2.40. The molecule has 3 rings (SSSR count). The minimum Gasteiger partial charge on any atom is -0.360 e. The van der Waals surface area contributed by atoms with Gasteiger partial charge < -0.3 is 4.74 Å². The highest BCUT2D eigenvalue weighted by Crippen LogP contribution is 2.52. The lowest BCUT2D eigenvalue weighted by Gasteiger charge is -2.43. The Bertz CT molecular complexity index is 516. The van der Waals surface area contributed by atoms with Crippen molar-refractivity contribution in [3.8, 4) is 0 Å². The molecule has 1 saturated heterocycles. The number of hydrogen-bond donors (Lipinski definition) is 0. The fourth-order valence-electron chi connectivity index (χ4n) is 5.41. The molecule has 0 saturated carbocycles. The Morgan fingerprint density at radius 1 is 1.04 bits per heavy atom. The third-order valence-electron chi connectivity index (χ3n) is 7.60. The fourth-order valence-corrected chi connectivity index (χ4v) is 5.41. The van der Waals surface area contributed by atoms with Crippen LogP contribution in [0.1, 0.15) is 67.7 Å². The molecular formula is C22H36O. The lowest BCUT2D eigenvalue weighted by molar-refractivity contribution is -0.118. The number of ether oxygens (including phenoxy) is 1. The van der Waals surface area contributed by atoms with Crippen LogP contribution in [0.15, 0.2) is 23.8 Å². The molecule has 1 nitrogen and oxygen atoms in total. The van der Waals surface area contributed by atoms with E-state index >= 15 is 0 Å². The molecule has 1 fully saturated rings. The third kappa shape index (κ3) is 2.84. The molecule has 0 aromatic heterocycles. The number of rotatable bonds is 1. The van der Waals surface area contributed by atoms with Gasteiger partial charge in [0.15, 0.2) is 0 Å². The molecule has 1 aliphatic carbocycles. The number of hydrogen-bond acceptors (Lipinski definition) is 1. The minimum atomic E-state index is -0.0943. The monoisotopic (exact) mass is 316 g/mol. The highest BCUT2D eigenvalue weighted by molar-refractivity contribution is 5.21. The van der Waals surface area contributed by atoms with Crippen LogP contribution in [0.5, 0.6) is 0 Å². The quantitative estimate of drug-likeness (QED) is 0.538. The van der Waals surface area contributed by atoms with Gasteiger partial charge in [0, 0.05) is 0 Å². The molecule has 3 aliphatic rings. The first-order valence-electron chi connectivity index (χ1n) is 9.73. The average molecular weight is 317 g/mol. The summed E-state index contributed by atoms with van der Waals surface area (Å²) < 4.78 is 6.69. The predicted molar refractivity (Wildman–Crippen MR) is 98.3 cm³/mol. The van der Waals surface area contributed by atoms with Gasteiger partial charge >= 0.3 is 0 Å². The zero-order valence-corrected chi connectivity index (χ0v) is 16.2. The van der Waals surface area contributed by atoms with Crippen LogP contribution in [0.3, 0.4) is 0 Å². The van der Waals surface area contributed by atoms with Gasteiger partial charge in [-0.2, -0.15) is 0 Å². The summed E-state index contributed by atoms with van der Waals surface area (Å²) in [6.45, 7) is 16.6. The molecule has 0 amide bonds. The second kappa shape index (κ2) is 5.76. The van der Waals surface area contributed by atoms with E-state index in [0.29, 0.717) is 11.8 Å². The first-order valence-corrected chi connectivity index (χ1v) is 9.73. The predicted octanol–water partition coefficient (Wildman–Crippen LogP) is 6.01. The number of fused-ring (bicyclic) bond motifs is 3. The maximum Gasteiger partial charge on any atom is 0.0872 e. The van der Waals surface area contributed by atoms with Crippen molar-refractivity contribution in [1.29, 1.82) is 0 Å². The summed E-state index contributed by atoms with van der Waals surface area (Å²) >= 11 is 0. The summed E-state index contributed by atoms with van der Waals surface area (Å²) in [5.41, 5.74) is 1.46. The van der Waals surface area contributed by atoms with E-state index in [9.17, 15) is 0 Å². The summed E-state index contributed by atoms with van der Waals surface area (Å²) in [4.78, 5) is 0. The van der Waals surface area contributed by atoms with Gasteiger partial charge in [-0.25, -0.2) is 0 Å². The van der Waals surface area contributed by atoms with Crippen LogP contribution in [-0.4, -0.2) is 11.2 Å². The molecule has 1 heteroatoms. The topological polar surface area (TPSA) is 9.23 Å². The molecule has 2 unspecified atom stereocenters. The van der Waals surface area contributed by atoms with Gasteiger partial charge in [-0.15, -0.1) is 0 Å². The third-order valence-corrected chi connectivity index (χ3v) is 7.60. The van der Waals surface area contributed by atoms with Gasteiger partial charge in [0.25, 0.3) is 0 Å². The molecule has 0 spiro atoms. The molecule has 130 valence electrons. The normalized spacial score (nSPS) is 50.1. The van der Waals surface area contributed by atoms with Crippen LogP contribution in [0, 0.1) is 35.5 Å². The molecule has 2 heterocycles. The molecule has 0 aromatic rings. The molecule has 0 N–H and O–H groups in total. The van der Waals surface area contributed by atoms with Crippen molar-refractivity contribution >= 4 is 0 Å². The molecule has 7 atom stereocenters. The number of allylic oxidation sites excluding steroid dienone is 2. The Morgan fingerprint density at radius 3 is 2.17 bits per heavy atom. The van der Waals surface area contributed by atoms with E-state index in [1.807, 2.05) is 0 Å². The summed E-state index contributed by atoms with van der Waals surface area (Å²) in [7, 11) is 0. The Hall–Kier alpha value is -0.560. The zero-order chi connectivity index (χ0) is 17.0.